The number of nitrogens with one attached hydrogen (secondary N) is 1. The van der Waals surface area contributed by atoms with E-state index in [1.807, 2.05) is 19.1 Å². The summed E-state index contributed by atoms with van der Waals surface area (Å²) in [6.07, 6.45) is 0. The minimum atomic E-state index is 0.552. The van der Waals surface area contributed by atoms with Crippen LogP contribution in [0.2, 0.25) is 10.0 Å². The number of ether oxygens (including phenoxy) is 1. The van der Waals surface area contributed by atoms with Crippen LogP contribution >= 0.6 is 23.2 Å². The van der Waals surface area contributed by atoms with Gasteiger partial charge in [-0.05, 0) is 25.1 Å². The van der Waals surface area contributed by atoms with E-state index in [1.54, 1.807) is 12.1 Å². The average Bonchev–Trinajstić information content (AvgIpc) is 2.50. The second kappa shape index (κ2) is 6.69. The lowest BCUT2D eigenvalue weighted by Gasteiger charge is -2.28. The highest BCUT2D eigenvalue weighted by Gasteiger charge is 2.14. The van der Waals surface area contributed by atoms with Crippen molar-refractivity contribution in [2.75, 3.05) is 36.5 Å². The van der Waals surface area contributed by atoms with Gasteiger partial charge in [0, 0.05) is 24.2 Å². The molecule has 3 rings (SSSR count). The van der Waals surface area contributed by atoms with E-state index in [-0.39, 0.29) is 0 Å². The van der Waals surface area contributed by atoms with Crippen LogP contribution in [0.5, 0.6) is 0 Å². The fraction of sp³-hybridized carbons (Fsp3) is 0.333. The Morgan fingerprint density at radius 2 is 1.91 bits per heavy atom. The van der Waals surface area contributed by atoms with Crippen molar-refractivity contribution in [3.63, 3.8) is 0 Å². The minimum absolute atomic E-state index is 0.552. The summed E-state index contributed by atoms with van der Waals surface area (Å²) in [5.41, 5.74) is 0.761. The molecule has 1 fully saturated rings. The lowest BCUT2D eigenvalue weighted by atomic mass is 10.3. The van der Waals surface area contributed by atoms with Gasteiger partial charge >= 0.3 is 0 Å². The quantitative estimate of drug-likeness (QED) is 0.925. The zero-order valence-electron chi connectivity index (χ0n) is 12.1. The van der Waals surface area contributed by atoms with Crippen molar-refractivity contribution < 1.29 is 4.74 Å². The molecule has 0 radical (unpaired) electrons. The van der Waals surface area contributed by atoms with Crippen LogP contribution in [0.15, 0.2) is 24.3 Å². The lowest BCUT2D eigenvalue weighted by Crippen LogP contribution is -2.36. The zero-order chi connectivity index (χ0) is 15.5. The number of benzene rings is 1. The zero-order valence-corrected chi connectivity index (χ0v) is 13.7. The number of aryl methyl sites for hydroxylation is 1. The third-order valence-electron chi connectivity index (χ3n) is 3.35. The summed E-state index contributed by atoms with van der Waals surface area (Å²) >= 11 is 12.1. The molecule has 1 saturated heterocycles. The van der Waals surface area contributed by atoms with Crippen LogP contribution in [-0.4, -0.2) is 36.3 Å². The van der Waals surface area contributed by atoms with Gasteiger partial charge in [0.05, 0.1) is 23.9 Å². The van der Waals surface area contributed by atoms with E-state index < -0.39 is 0 Å². The van der Waals surface area contributed by atoms with Gasteiger partial charge in [-0.15, -0.1) is 0 Å². The molecule has 1 N–H and O–H groups in total. The predicted octanol–water partition coefficient (Wildman–Crippen LogP) is 3.67. The summed E-state index contributed by atoms with van der Waals surface area (Å²) in [6, 6.07) is 7.23. The number of morpholine rings is 1. The molecule has 0 unspecified atom stereocenters. The molecule has 5 nitrogen and oxygen atoms in total. The molecule has 0 aliphatic carbocycles. The van der Waals surface area contributed by atoms with Gasteiger partial charge in [0.25, 0.3) is 0 Å². The summed E-state index contributed by atoms with van der Waals surface area (Å²) in [4.78, 5) is 11.1. The number of aromatic nitrogens is 2. The first kappa shape index (κ1) is 15.3. The Hall–Kier alpha value is -1.56. The van der Waals surface area contributed by atoms with Crippen molar-refractivity contribution in [3.05, 3.63) is 40.1 Å². The molecule has 116 valence electrons. The Morgan fingerprint density at radius 1 is 1.14 bits per heavy atom. The Kier molecular flexibility index (Phi) is 4.66. The van der Waals surface area contributed by atoms with Crippen LogP contribution in [0.1, 0.15) is 5.82 Å². The maximum atomic E-state index is 6.19. The molecule has 1 aromatic carbocycles. The number of rotatable bonds is 3. The van der Waals surface area contributed by atoms with E-state index >= 15 is 0 Å². The highest BCUT2D eigenvalue weighted by Crippen LogP contribution is 2.28. The molecule has 0 atom stereocenters. The Labute approximate surface area is 139 Å². The Morgan fingerprint density at radius 3 is 2.64 bits per heavy atom. The first-order valence-electron chi connectivity index (χ1n) is 7.02. The van der Waals surface area contributed by atoms with E-state index in [9.17, 15) is 0 Å². The standard InChI is InChI=1S/C15H16Cl2N4O/c1-10-18-14(20-13-3-2-11(16)8-12(13)17)9-15(19-10)21-4-6-22-7-5-21/h2-3,8-9H,4-7H2,1H3,(H,18,19,20). The summed E-state index contributed by atoms with van der Waals surface area (Å²) in [7, 11) is 0. The highest BCUT2D eigenvalue weighted by molar-refractivity contribution is 6.36. The number of anilines is 3. The maximum absolute atomic E-state index is 6.19. The van der Waals surface area contributed by atoms with Crippen LogP contribution in [0.4, 0.5) is 17.3 Å². The fourth-order valence-corrected chi connectivity index (χ4v) is 2.75. The number of nitrogens with zero attached hydrogens (tertiary/aromatic N) is 3. The molecular formula is C15H16Cl2N4O. The first-order valence-corrected chi connectivity index (χ1v) is 7.78. The molecule has 1 aromatic heterocycles. The second-order valence-electron chi connectivity index (χ2n) is 5.01. The van der Waals surface area contributed by atoms with Crippen molar-refractivity contribution in [1.82, 2.24) is 9.97 Å². The Bertz CT molecular complexity index is 675. The average molecular weight is 339 g/mol. The van der Waals surface area contributed by atoms with Gasteiger partial charge in [-0.3, -0.25) is 0 Å². The smallest absolute Gasteiger partial charge is 0.136 e. The van der Waals surface area contributed by atoms with Crippen molar-refractivity contribution in [2.24, 2.45) is 0 Å². The van der Waals surface area contributed by atoms with E-state index in [4.69, 9.17) is 27.9 Å². The van der Waals surface area contributed by atoms with Gasteiger partial charge in [-0.25, -0.2) is 9.97 Å². The lowest BCUT2D eigenvalue weighted by molar-refractivity contribution is 0.122. The molecular weight excluding hydrogens is 323 g/mol. The van der Waals surface area contributed by atoms with Gasteiger partial charge in [0.1, 0.15) is 17.5 Å². The highest BCUT2D eigenvalue weighted by atomic mass is 35.5. The van der Waals surface area contributed by atoms with Crippen molar-refractivity contribution >= 4 is 40.5 Å². The molecule has 1 aliphatic heterocycles. The molecule has 1 aliphatic rings. The topological polar surface area (TPSA) is 50.3 Å². The summed E-state index contributed by atoms with van der Waals surface area (Å²) < 4.78 is 5.37. The monoisotopic (exact) mass is 338 g/mol. The van der Waals surface area contributed by atoms with Gasteiger partial charge < -0.3 is 15.0 Å². The molecule has 2 heterocycles. The van der Waals surface area contributed by atoms with Gasteiger partial charge in [0.2, 0.25) is 0 Å². The van der Waals surface area contributed by atoms with Crippen molar-refractivity contribution in [3.8, 4) is 0 Å². The first-order chi connectivity index (χ1) is 10.6. The minimum Gasteiger partial charge on any atom is -0.378 e. The van der Waals surface area contributed by atoms with E-state index in [0.717, 1.165) is 37.8 Å². The molecule has 0 bridgehead atoms. The fourth-order valence-electron chi connectivity index (χ4n) is 2.30. The number of hydrogen-bond acceptors (Lipinski definition) is 5. The van der Waals surface area contributed by atoms with Crippen LogP contribution in [-0.2, 0) is 4.74 Å². The largest absolute Gasteiger partial charge is 0.378 e. The second-order valence-corrected chi connectivity index (χ2v) is 5.85. The SMILES string of the molecule is Cc1nc(Nc2ccc(Cl)cc2Cl)cc(N2CCOCC2)n1. The van der Waals surface area contributed by atoms with E-state index in [1.165, 1.54) is 0 Å². The third kappa shape index (κ3) is 3.61. The van der Waals surface area contributed by atoms with Gasteiger partial charge in [0.15, 0.2) is 0 Å². The molecule has 2 aromatic rings. The molecule has 0 saturated carbocycles. The van der Waals surface area contributed by atoms with Gasteiger partial charge in [-0.2, -0.15) is 0 Å². The van der Waals surface area contributed by atoms with Crippen LogP contribution in [0.3, 0.4) is 0 Å². The Balaban J connectivity index is 1.85. The predicted molar refractivity (Wildman–Crippen MR) is 89.5 cm³/mol. The normalized spacial score (nSPS) is 15.0. The number of halogens is 2. The van der Waals surface area contributed by atoms with Crippen LogP contribution in [0.25, 0.3) is 0 Å². The summed E-state index contributed by atoms with van der Waals surface area (Å²) in [6.45, 7) is 4.97. The molecule has 7 heteroatoms. The number of hydrogen-bond donors (Lipinski definition) is 1. The maximum Gasteiger partial charge on any atom is 0.136 e. The third-order valence-corrected chi connectivity index (χ3v) is 3.90. The molecule has 0 amide bonds. The van der Waals surface area contributed by atoms with Crippen molar-refractivity contribution in [2.45, 2.75) is 6.92 Å². The van der Waals surface area contributed by atoms with Crippen LogP contribution in [0, 0.1) is 6.92 Å². The summed E-state index contributed by atoms with van der Waals surface area (Å²) in [5, 5.41) is 4.37. The van der Waals surface area contributed by atoms with Crippen molar-refractivity contribution in [1.29, 1.82) is 0 Å². The van der Waals surface area contributed by atoms with Crippen LogP contribution < -0.4 is 10.2 Å². The van der Waals surface area contributed by atoms with Gasteiger partial charge in [-0.1, -0.05) is 23.2 Å². The molecule has 22 heavy (non-hydrogen) atoms. The van der Waals surface area contributed by atoms with E-state index in [0.29, 0.717) is 21.7 Å². The van der Waals surface area contributed by atoms with E-state index in [2.05, 4.69) is 20.2 Å². The summed E-state index contributed by atoms with van der Waals surface area (Å²) in [5.74, 6) is 2.30. The molecule has 0 spiro atoms.